The van der Waals surface area contributed by atoms with Gasteiger partial charge >= 0.3 is 0 Å². The zero-order valence-electron chi connectivity index (χ0n) is 22.4. The maximum Gasteiger partial charge on any atom is 0.236 e. The fourth-order valence-electron chi connectivity index (χ4n) is 5.83. The number of benzene rings is 1. The van der Waals surface area contributed by atoms with Crippen LogP contribution in [0.5, 0.6) is 0 Å². The molecule has 1 saturated heterocycles. The minimum atomic E-state index is 0.0762. The van der Waals surface area contributed by atoms with E-state index in [2.05, 4.69) is 61.4 Å². The van der Waals surface area contributed by atoms with Gasteiger partial charge in [-0.15, -0.1) is 11.3 Å². The van der Waals surface area contributed by atoms with Crippen molar-refractivity contribution in [3.63, 3.8) is 0 Å². The number of nitrogens with zero attached hydrogens (tertiary/aromatic N) is 3. The fourth-order valence-corrected chi connectivity index (χ4v) is 6.73. The summed E-state index contributed by atoms with van der Waals surface area (Å²) in [6, 6.07) is 11.0. The smallest absolute Gasteiger partial charge is 0.236 e. The maximum absolute atomic E-state index is 13.5. The summed E-state index contributed by atoms with van der Waals surface area (Å²) in [6.07, 6.45) is 8.80. The van der Waals surface area contributed by atoms with E-state index in [4.69, 9.17) is 0 Å². The highest BCUT2D eigenvalue weighted by Crippen LogP contribution is 2.38. The van der Waals surface area contributed by atoms with Crippen LogP contribution in [0.3, 0.4) is 0 Å². The average Bonchev–Trinajstić information content (AvgIpc) is 3.35. The van der Waals surface area contributed by atoms with Crippen molar-refractivity contribution in [2.45, 2.75) is 84.2 Å². The van der Waals surface area contributed by atoms with E-state index in [1.807, 2.05) is 21.1 Å². The summed E-state index contributed by atoms with van der Waals surface area (Å²) < 4.78 is 0. The van der Waals surface area contributed by atoms with E-state index in [0.29, 0.717) is 32.6 Å². The van der Waals surface area contributed by atoms with Gasteiger partial charge in [0.2, 0.25) is 11.8 Å². The lowest BCUT2D eigenvalue weighted by molar-refractivity contribution is -0.143. The second-order valence-electron chi connectivity index (χ2n) is 10.6. The number of amides is 2. The first kappa shape index (κ1) is 26.9. The molecule has 6 heteroatoms. The minimum absolute atomic E-state index is 0.0762. The van der Waals surface area contributed by atoms with Crippen molar-refractivity contribution in [1.82, 2.24) is 14.7 Å². The molecule has 0 radical (unpaired) electrons. The minimum Gasteiger partial charge on any atom is -0.338 e. The molecule has 196 valence electrons. The van der Waals surface area contributed by atoms with Gasteiger partial charge in [-0.05, 0) is 54.8 Å². The van der Waals surface area contributed by atoms with Gasteiger partial charge in [0.05, 0.1) is 12.6 Å². The summed E-state index contributed by atoms with van der Waals surface area (Å²) in [4.78, 5) is 34.1. The largest absolute Gasteiger partial charge is 0.338 e. The Labute approximate surface area is 221 Å². The third-order valence-electron chi connectivity index (χ3n) is 7.93. The molecule has 2 aliphatic rings. The molecule has 2 aromatic rings. The summed E-state index contributed by atoms with van der Waals surface area (Å²) in [5.41, 5.74) is 3.92. The maximum atomic E-state index is 13.5. The molecular formula is C30H43N3O2S. The van der Waals surface area contributed by atoms with Gasteiger partial charge in [-0.3, -0.25) is 14.5 Å². The highest BCUT2D eigenvalue weighted by Gasteiger charge is 2.34. The first-order chi connectivity index (χ1) is 17.5. The monoisotopic (exact) mass is 509 g/mol. The zero-order chi connectivity index (χ0) is 25.5. The van der Waals surface area contributed by atoms with E-state index >= 15 is 0 Å². The van der Waals surface area contributed by atoms with Crippen molar-refractivity contribution in [2.75, 3.05) is 32.7 Å². The van der Waals surface area contributed by atoms with Crippen LogP contribution in [0.15, 0.2) is 35.7 Å². The van der Waals surface area contributed by atoms with E-state index < -0.39 is 0 Å². The number of thiophene rings is 1. The van der Waals surface area contributed by atoms with Gasteiger partial charge in [-0.1, -0.05) is 63.3 Å². The van der Waals surface area contributed by atoms with Crippen molar-refractivity contribution >= 4 is 23.2 Å². The number of unbranched alkanes of at least 4 members (excludes halogenated alkanes) is 5. The molecule has 2 aliphatic heterocycles. The van der Waals surface area contributed by atoms with Gasteiger partial charge < -0.3 is 9.80 Å². The molecule has 0 N–H and O–H groups in total. The van der Waals surface area contributed by atoms with Crippen molar-refractivity contribution in [3.8, 4) is 0 Å². The first-order valence-electron chi connectivity index (χ1n) is 13.9. The molecule has 0 bridgehead atoms. The van der Waals surface area contributed by atoms with Crippen molar-refractivity contribution in [1.29, 1.82) is 0 Å². The van der Waals surface area contributed by atoms with Crippen LogP contribution in [-0.2, 0) is 16.0 Å². The molecule has 0 spiro atoms. The lowest BCUT2D eigenvalue weighted by Gasteiger charge is -2.42. The van der Waals surface area contributed by atoms with Crippen molar-refractivity contribution in [2.24, 2.45) is 0 Å². The number of hydrogen-bond donors (Lipinski definition) is 0. The predicted octanol–water partition coefficient (Wildman–Crippen LogP) is 5.81. The second kappa shape index (κ2) is 12.9. The molecule has 3 heterocycles. The number of fused-ring (bicyclic) bond motifs is 1. The highest BCUT2D eigenvalue weighted by molar-refractivity contribution is 7.10. The molecule has 1 fully saturated rings. The van der Waals surface area contributed by atoms with Crippen LogP contribution in [0, 0.1) is 6.92 Å². The Bertz CT molecular complexity index is 1020. The second-order valence-corrected chi connectivity index (χ2v) is 11.6. The van der Waals surface area contributed by atoms with Crippen LogP contribution < -0.4 is 0 Å². The normalized spacial score (nSPS) is 20.4. The third kappa shape index (κ3) is 6.38. The van der Waals surface area contributed by atoms with Gasteiger partial charge in [-0.2, -0.15) is 0 Å². The molecule has 2 amide bonds. The molecule has 0 saturated carbocycles. The number of aryl methyl sites for hydroxylation is 1. The summed E-state index contributed by atoms with van der Waals surface area (Å²) in [6.45, 7) is 9.72. The molecule has 2 atom stereocenters. The third-order valence-corrected chi connectivity index (χ3v) is 8.93. The number of hydrogen-bond acceptors (Lipinski definition) is 4. The molecule has 36 heavy (non-hydrogen) atoms. The Kier molecular flexibility index (Phi) is 9.60. The van der Waals surface area contributed by atoms with Crippen LogP contribution in [-0.4, -0.2) is 65.3 Å². The van der Waals surface area contributed by atoms with E-state index in [1.165, 1.54) is 47.3 Å². The molecule has 0 unspecified atom stereocenters. The number of carbonyl (C=O) groups is 2. The topological polar surface area (TPSA) is 43.9 Å². The molecule has 0 aliphatic carbocycles. The molecular weight excluding hydrogens is 466 g/mol. The standard InChI is InChI=1S/C30H43N3O2S/c1-4-5-6-7-8-9-14-28(34)33-19-18-31(21-24(33)3)29(35)22-32-17-15-27-26(16-20-36-27)30(32)25-13-11-10-12-23(25)2/h10-13,16,20,24,30H,4-9,14-15,17-19,21-22H2,1-3H3/t24-,30-/m1/s1. The zero-order valence-corrected chi connectivity index (χ0v) is 23.2. The van der Waals surface area contributed by atoms with Gasteiger partial charge in [0, 0.05) is 43.5 Å². The van der Waals surface area contributed by atoms with Crippen molar-refractivity contribution < 1.29 is 9.59 Å². The van der Waals surface area contributed by atoms with Crippen LogP contribution in [0.1, 0.15) is 86.4 Å². The highest BCUT2D eigenvalue weighted by atomic mass is 32.1. The van der Waals surface area contributed by atoms with E-state index in [1.54, 1.807) is 0 Å². The Hall–Kier alpha value is -2.18. The van der Waals surface area contributed by atoms with E-state index in [9.17, 15) is 9.59 Å². The van der Waals surface area contributed by atoms with Gasteiger partial charge in [0.15, 0.2) is 0 Å². The van der Waals surface area contributed by atoms with E-state index in [0.717, 1.165) is 25.8 Å². The van der Waals surface area contributed by atoms with E-state index in [-0.39, 0.29) is 23.9 Å². The lowest BCUT2D eigenvalue weighted by Crippen LogP contribution is -2.57. The molecule has 1 aromatic carbocycles. The number of rotatable bonds is 10. The average molecular weight is 510 g/mol. The summed E-state index contributed by atoms with van der Waals surface area (Å²) in [7, 11) is 0. The Balaban J connectivity index is 1.33. The number of carbonyl (C=O) groups excluding carboxylic acids is 2. The van der Waals surface area contributed by atoms with Crippen LogP contribution in [0.2, 0.25) is 0 Å². The molecule has 1 aromatic heterocycles. The van der Waals surface area contributed by atoms with Gasteiger partial charge in [-0.25, -0.2) is 0 Å². The van der Waals surface area contributed by atoms with Crippen LogP contribution >= 0.6 is 11.3 Å². The van der Waals surface area contributed by atoms with Crippen LogP contribution in [0.4, 0.5) is 0 Å². The fraction of sp³-hybridized carbons (Fsp3) is 0.600. The van der Waals surface area contributed by atoms with Gasteiger partial charge in [0.25, 0.3) is 0 Å². The molecule has 4 rings (SSSR count). The summed E-state index contributed by atoms with van der Waals surface area (Å²) >= 11 is 1.83. The number of piperazine rings is 1. The predicted molar refractivity (Wildman–Crippen MR) is 148 cm³/mol. The first-order valence-corrected chi connectivity index (χ1v) is 14.8. The van der Waals surface area contributed by atoms with Crippen LogP contribution in [0.25, 0.3) is 0 Å². The van der Waals surface area contributed by atoms with Gasteiger partial charge in [0.1, 0.15) is 0 Å². The summed E-state index contributed by atoms with van der Waals surface area (Å²) in [5, 5.41) is 2.18. The SMILES string of the molecule is CCCCCCCCC(=O)N1CCN(C(=O)CN2CCc3sccc3[C@H]2c2ccccc2C)C[C@H]1C. The lowest BCUT2D eigenvalue weighted by atomic mass is 9.90. The molecule has 5 nitrogen and oxygen atoms in total. The Morgan fingerprint density at radius 3 is 2.50 bits per heavy atom. The Morgan fingerprint density at radius 1 is 0.944 bits per heavy atom. The quantitative estimate of drug-likeness (QED) is 0.380. The summed E-state index contributed by atoms with van der Waals surface area (Å²) in [5.74, 6) is 0.438. The van der Waals surface area contributed by atoms with Crippen molar-refractivity contribution in [3.05, 3.63) is 57.3 Å². The Morgan fingerprint density at radius 2 is 1.72 bits per heavy atom.